The maximum atomic E-state index is 11.6. The molecule has 98 valence electrons. The van der Waals surface area contributed by atoms with Crippen LogP contribution in [0.25, 0.3) is 4.96 Å². The third kappa shape index (κ3) is 3.54. The van der Waals surface area contributed by atoms with Crippen molar-refractivity contribution < 1.29 is 9.53 Å². The molecule has 0 aliphatic rings. The van der Waals surface area contributed by atoms with Gasteiger partial charge in [0.1, 0.15) is 0 Å². The Morgan fingerprint density at radius 3 is 3.28 bits per heavy atom. The summed E-state index contributed by atoms with van der Waals surface area (Å²) in [6.07, 6.45) is 5.02. The van der Waals surface area contributed by atoms with Gasteiger partial charge in [-0.1, -0.05) is 0 Å². The minimum absolute atomic E-state index is 0.0113. The van der Waals surface area contributed by atoms with Crippen LogP contribution < -0.4 is 5.32 Å². The highest BCUT2D eigenvalue weighted by molar-refractivity contribution is 7.15. The SMILES string of the molecule is CCOCCCNC(=O)Cc1cn2ccsc2n1. The second kappa shape index (κ2) is 6.51. The molecule has 0 saturated heterocycles. The number of carbonyl (C=O) groups is 1. The summed E-state index contributed by atoms with van der Waals surface area (Å²) >= 11 is 1.57. The second-order valence-corrected chi connectivity index (χ2v) is 4.78. The van der Waals surface area contributed by atoms with Crippen LogP contribution in [-0.2, 0) is 16.0 Å². The molecule has 5 nitrogen and oxygen atoms in total. The fourth-order valence-corrected chi connectivity index (χ4v) is 2.35. The lowest BCUT2D eigenvalue weighted by Gasteiger charge is -2.03. The Balaban J connectivity index is 1.72. The minimum atomic E-state index is 0.0113. The van der Waals surface area contributed by atoms with E-state index >= 15 is 0 Å². The Hall–Kier alpha value is -1.40. The smallest absolute Gasteiger partial charge is 0.226 e. The van der Waals surface area contributed by atoms with Gasteiger partial charge in [0.15, 0.2) is 4.96 Å². The van der Waals surface area contributed by atoms with Gasteiger partial charge in [-0.25, -0.2) is 4.98 Å². The molecule has 0 spiro atoms. The largest absolute Gasteiger partial charge is 0.382 e. The van der Waals surface area contributed by atoms with Crippen LogP contribution in [0.2, 0.25) is 0 Å². The van der Waals surface area contributed by atoms with Crippen molar-refractivity contribution in [2.45, 2.75) is 19.8 Å². The monoisotopic (exact) mass is 267 g/mol. The summed E-state index contributed by atoms with van der Waals surface area (Å²) < 4.78 is 7.13. The number of aromatic nitrogens is 2. The van der Waals surface area contributed by atoms with E-state index in [-0.39, 0.29) is 5.91 Å². The Labute approximate surface area is 110 Å². The highest BCUT2D eigenvalue weighted by Gasteiger charge is 2.07. The number of carbonyl (C=O) groups excluding carboxylic acids is 1. The van der Waals surface area contributed by atoms with Crippen molar-refractivity contribution in [2.75, 3.05) is 19.8 Å². The third-order valence-corrected chi connectivity index (χ3v) is 3.25. The van der Waals surface area contributed by atoms with Crippen molar-refractivity contribution >= 4 is 22.2 Å². The molecule has 0 aliphatic carbocycles. The van der Waals surface area contributed by atoms with Gasteiger partial charge in [-0.3, -0.25) is 9.20 Å². The van der Waals surface area contributed by atoms with E-state index in [0.717, 1.165) is 23.7 Å². The topological polar surface area (TPSA) is 55.6 Å². The first-order valence-corrected chi connectivity index (χ1v) is 6.93. The van der Waals surface area contributed by atoms with Gasteiger partial charge in [0, 0.05) is 37.5 Å². The van der Waals surface area contributed by atoms with Gasteiger partial charge >= 0.3 is 0 Å². The van der Waals surface area contributed by atoms with Crippen molar-refractivity contribution in [3.8, 4) is 0 Å². The fourth-order valence-electron chi connectivity index (χ4n) is 1.63. The summed E-state index contributed by atoms with van der Waals surface area (Å²) in [4.78, 5) is 16.9. The van der Waals surface area contributed by atoms with Crippen LogP contribution in [0.15, 0.2) is 17.8 Å². The zero-order valence-electron chi connectivity index (χ0n) is 10.4. The second-order valence-electron chi connectivity index (χ2n) is 3.90. The molecule has 18 heavy (non-hydrogen) atoms. The van der Waals surface area contributed by atoms with Crippen molar-refractivity contribution in [3.63, 3.8) is 0 Å². The molecule has 0 fully saturated rings. The summed E-state index contributed by atoms with van der Waals surface area (Å²) in [7, 11) is 0. The maximum Gasteiger partial charge on any atom is 0.226 e. The van der Waals surface area contributed by atoms with E-state index in [4.69, 9.17) is 4.74 Å². The molecule has 0 atom stereocenters. The van der Waals surface area contributed by atoms with Crippen molar-refractivity contribution in [1.29, 1.82) is 0 Å². The van der Waals surface area contributed by atoms with Gasteiger partial charge in [0.25, 0.3) is 0 Å². The van der Waals surface area contributed by atoms with Crippen molar-refractivity contribution in [1.82, 2.24) is 14.7 Å². The van der Waals surface area contributed by atoms with Gasteiger partial charge in [-0.15, -0.1) is 11.3 Å². The molecular formula is C12H17N3O2S. The minimum Gasteiger partial charge on any atom is -0.382 e. The van der Waals surface area contributed by atoms with Gasteiger partial charge in [0.05, 0.1) is 12.1 Å². The molecule has 2 rings (SSSR count). The van der Waals surface area contributed by atoms with Crippen molar-refractivity contribution in [3.05, 3.63) is 23.5 Å². The molecule has 0 saturated carbocycles. The molecular weight excluding hydrogens is 250 g/mol. The van der Waals surface area contributed by atoms with E-state index in [1.165, 1.54) is 0 Å². The normalized spacial score (nSPS) is 10.9. The third-order valence-electron chi connectivity index (χ3n) is 2.48. The fraction of sp³-hybridized carbons (Fsp3) is 0.500. The highest BCUT2D eigenvalue weighted by atomic mass is 32.1. The Bertz CT molecular complexity index is 478. The standard InChI is InChI=1S/C12H17N3O2S/c1-2-17-6-3-4-13-11(16)8-10-9-15-5-7-18-12(15)14-10/h5,7,9H,2-4,6,8H2,1H3,(H,13,16). The van der Waals surface area contributed by atoms with Crippen LogP contribution in [0.4, 0.5) is 0 Å². The summed E-state index contributed by atoms with van der Waals surface area (Å²) in [6, 6.07) is 0. The first-order chi connectivity index (χ1) is 8.79. The van der Waals surface area contributed by atoms with Crippen LogP contribution in [0.3, 0.4) is 0 Å². The lowest BCUT2D eigenvalue weighted by atomic mass is 10.3. The van der Waals surface area contributed by atoms with Crippen molar-refractivity contribution in [2.24, 2.45) is 0 Å². The van der Waals surface area contributed by atoms with Gasteiger partial charge in [-0.2, -0.15) is 0 Å². The predicted molar refractivity (Wildman–Crippen MR) is 70.9 cm³/mol. The average Bonchev–Trinajstić information content (AvgIpc) is 2.89. The van der Waals surface area contributed by atoms with Gasteiger partial charge in [0.2, 0.25) is 5.91 Å². The van der Waals surface area contributed by atoms with Crippen LogP contribution in [0, 0.1) is 0 Å². The van der Waals surface area contributed by atoms with Crippen LogP contribution >= 0.6 is 11.3 Å². The molecule has 0 aliphatic heterocycles. The number of thiazole rings is 1. The van der Waals surface area contributed by atoms with E-state index in [2.05, 4.69) is 10.3 Å². The zero-order chi connectivity index (χ0) is 12.8. The highest BCUT2D eigenvalue weighted by Crippen LogP contribution is 2.11. The zero-order valence-corrected chi connectivity index (χ0v) is 11.2. The molecule has 2 aromatic heterocycles. The van der Waals surface area contributed by atoms with Crippen LogP contribution in [-0.4, -0.2) is 35.1 Å². The lowest BCUT2D eigenvalue weighted by molar-refractivity contribution is -0.120. The number of fused-ring (bicyclic) bond motifs is 1. The molecule has 0 unspecified atom stereocenters. The van der Waals surface area contributed by atoms with E-state index in [1.54, 1.807) is 11.3 Å². The number of hydrogen-bond acceptors (Lipinski definition) is 4. The predicted octanol–water partition coefficient (Wildman–Crippen LogP) is 1.48. The number of amides is 1. The molecule has 1 N–H and O–H groups in total. The first-order valence-electron chi connectivity index (χ1n) is 6.05. The number of rotatable bonds is 7. The molecule has 0 radical (unpaired) electrons. The number of imidazole rings is 1. The Morgan fingerprint density at radius 1 is 1.61 bits per heavy atom. The quantitative estimate of drug-likeness (QED) is 0.773. The first kappa shape index (κ1) is 13.0. The average molecular weight is 267 g/mol. The number of nitrogens with one attached hydrogen (secondary N) is 1. The molecule has 1 amide bonds. The molecule has 2 heterocycles. The van der Waals surface area contributed by atoms with Crippen LogP contribution in [0.1, 0.15) is 19.0 Å². The van der Waals surface area contributed by atoms with Gasteiger partial charge in [-0.05, 0) is 13.3 Å². The lowest BCUT2D eigenvalue weighted by Crippen LogP contribution is -2.26. The van der Waals surface area contributed by atoms with Crippen LogP contribution in [0.5, 0.6) is 0 Å². The number of ether oxygens (including phenoxy) is 1. The Kier molecular flexibility index (Phi) is 4.72. The summed E-state index contributed by atoms with van der Waals surface area (Å²) in [6.45, 7) is 4.03. The molecule has 2 aromatic rings. The van der Waals surface area contributed by atoms with E-state index in [1.807, 2.05) is 29.1 Å². The Morgan fingerprint density at radius 2 is 2.50 bits per heavy atom. The molecule has 0 aromatic carbocycles. The maximum absolute atomic E-state index is 11.6. The van der Waals surface area contributed by atoms with E-state index in [0.29, 0.717) is 19.6 Å². The molecule has 0 bridgehead atoms. The summed E-state index contributed by atoms with van der Waals surface area (Å²) in [5.74, 6) is 0.0113. The van der Waals surface area contributed by atoms with E-state index < -0.39 is 0 Å². The summed E-state index contributed by atoms with van der Waals surface area (Å²) in [5, 5.41) is 4.83. The van der Waals surface area contributed by atoms with E-state index in [9.17, 15) is 4.79 Å². The summed E-state index contributed by atoms with van der Waals surface area (Å²) in [5.41, 5.74) is 0.809. The number of hydrogen-bond donors (Lipinski definition) is 1. The molecule has 6 heteroatoms. The van der Waals surface area contributed by atoms with Gasteiger partial charge < -0.3 is 10.1 Å². The number of nitrogens with zero attached hydrogens (tertiary/aromatic N) is 2.